The van der Waals surface area contributed by atoms with Crippen molar-refractivity contribution in [3.05, 3.63) is 54.1 Å². The van der Waals surface area contributed by atoms with Gasteiger partial charge in [-0.05, 0) is 62.4 Å². The highest BCUT2D eigenvalue weighted by molar-refractivity contribution is 6.04. The summed E-state index contributed by atoms with van der Waals surface area (Å²) in [6.45, 7) is 8.64. The maximum atomic E-state index is 12.4. The molecule has 1 atom stereocenters. The Morgan fingerprint density at radius 1 is 0.964 bits per heavy atom. The molecule has 6 nitrogen and oxygen atoms in total. The molecule has 2 aromatic rings. The van der Waals surface area contributed by atoms with Crippen molar-refractivity contribution in [1.29, 1.82) is 0 Å². The zero-order chi connectivity index (χ0) is 20.5. The Morgan fingerprint density at radius 3 is 2.14 bits per heavy atom. The topological polar surface area (TPSA) is 79.8 Å². The summed E-state index contributed by atoms with van der Waals surface area (Å²) in [5.74, 6) is 1.18. The standard InChI is InChI=1S/C22H30N2O4/c1-15(2)23-13-19(25)14-27-20-11-7-18(8-12-20)24-22(26)17-5-9-21(10-6-17)28-16(3)4/h5-12,15-16,19,23,25H,13-14H2,1-4H3,(H,24,26). The van der Waals surface area contributed by atoms with E-state index >= 15 is 0 Å². The van der Waals surface area contributed by atoms with Crippen molar-refractivity contribution in [3.8, 4) is 11.5 Å². The van der Waals surface area contributed by atoms with Gasteiger partial charge >= 0.3 is 0 Å². The van der Waals surface area contributed by atoms with E-state index in [0.29, 0.717) is 29.6 Å². The lowest BCUT2D eigenvalue weighted by molar-refractivity contribution is 0.102. The number of ether oxygens (including phenoxy) is 2. The number of aliphatic hydroxyl groups excluding tert-OH is 1. The van der Waals surface area contributed by atoms with Gasteiger partial charge in [0.05, 0.1) is 6.10 Å². The molecule has 0 bridgehead atoms. The van der Waals surface area contributed by atoms with Gasteiger partial charge in [0, 0.05) is 23.8 Å². The summed E-state index contributed by atoms with van der Waals surface area (Å²) >= 11 is 0. The molecule has 0 fully saturated rings. The molecule has 0 spiro atoms. The highest BCUT2D eigenvalue weighted by Crippen LogP contribution is 2.18. The SMILES string of the molecule is CC(C)NCC(O)COc1ccc(NC(=O)c2ccc(OC(C)C)cc2)cc1. The van der Waals surface area contributed by atoms with Crippen molar-refractivity contribution in [2.24, 2.45) is 0 Å². The molecule has 1 amide bonds. The number of nitrogens with one attached hydrogen (secondary N) is 2. The van der Waals surface area contributed by atoms with Crippen LogP contribution >= 0.6 is 0 Å². The van der Waals surface area contributed by atoms with Crippen LogP contribution in [0.25, 0.3) is 0 Å². The number of carbonyl (C=O) groups excluding carboxylic acids is 1. The van der Waals surface area contributed by atoms with E-state index in [1.54, 1.807) is 48.5 Å². The van der Waals surface area contributed by atoms with Crippen LogP contribution in [0.5, 0.6) is 11.5 Å². The van der Waals surface area contributed by atoms with Gasteiger partial charge in [0.1, 0.15) is 24.2 Å². The van der Waals surface area contributed by atoms with Gasteiger partial charge in [0.25, 0.3) is 5.91 Å². The lowest BCUT2D eigenvalue weighted by Gasteiger charge is -2.15. The maximum Gasteiger partial charge on any atom is 0.255 e. The quantitative estimate of drug-likeness (QED) is 0.583. The number of amides is 1. The molecule has 3 N–H and O–H groups in total. The predicted molar refractivity (Wildman–Crippen MR) is 111 cm³/mol. The zero-order valence-corrected chi connectivity index (χ0v) is 16.9. The van der Waals surface area contributed by atoms with E-state index in [1.807, 2.05) is 27.7 Å². The molecule has 0 radical (unpaired) electrons. The molecule has 0 aliphatic rings. The number of anilines is 1. The maximum absolute atomic E-state index is 12.4. The molecule has 28 heavy (non-hydrogen) atoms. The van der Waals surface area contributed by atoms with Crippen molar-refractivity contribution in [2.75, 3.05) is 18.5 Å². The fraction of sp³-hybridized carbons (Fsp3) is 0.409. The fourth-order valence-electron chi connectivity index (χ4n) is 2.42. The lowest BCUT2D eigenvalue weighted by atomic mass is 10.2. The van der Waals surface area contributed by atoms with Crippen LogP contribution in [-0.4, -0.2) is 42.4 Å². The third-order valence-corrected chi connectivity index (χ3v) is 3.80. The Hall–Kier alpha value is -2.57. The monoisotopic (exact) mass is 386 g/mol. The van der Waals surface area contributed by atoms with Crippen LogP contribution in [0.3, 0.4) is 0 Å². The highest BCUT2D eigenvalue weighted by atomic mass is 16.5. The van der Waals surface area contributed by atoms with E-state index in [2.05, 4.69) is 10.6 Å². The molecule has 0 aromatic heterocycles. The van der Waals surface area contributed by atoms with Gasteiger partial charge in [0.15, 0.2) is 0 Å². The molecule has 0 aliphatic carbocycles. The highest BCUT2D eigenvalue weighted by Gasteiger charge is 2.08. The van der Waals surface area contributed by atoms with Gasteiger partial charge < -0.3 is 25.2 Å². The second-order valence-corrected chi connectivity index (χ2v) is 7.20. The summed E-state index contributed by atoms with van der Waals surface area (Å²) in [5, 5.41) is 15.9. The van der Waals surface area contributed by atoms with E-state index in [1.165, 1.54) is 0 Å². The Morgan fingerprint density at radius 2 is 1.57 bits per heavy atom. The molecule has 2 aromatic carbocycles. The van der Waals surface area contributed by atoms with Crippen molar-refractivity contribution in [3.63, 3.8) is 0 Å². The molecule has 2 rings (SSSR count). The van der Waals surface area contributed by atoms with E-state index < -0.39 is 6.10 Å². The smallest absolute Gasteiger partial charge is 0.255 e. The first-order chi connectivity index (χ1) is 13.3. The van der Waals surface area contributed by atoms with E-state index in [9.17, 15) is 9.90 Å². The van der Waals surface area contributed by atoms with Crippen molar-refractivity contribution >= 4 is 11.6 Å². The first-order valence-corrected chi connectivity index (χ1v) is 9.56. The molecule has 0 heterocycles. The number of aliphatic hydroxyl groups is 1. The molecule has 0 saturated heterocycles. The molecule has 6 heteroatoms. The summed E-state index contributed by atoms with van der Waals surface area (Å²) in [4.78, 5) is 12.4. The van der Waals surface area contributed by atoms with Crippen LogP contribution in [0.15, 0.2) is 48.5 Å². The number of carbonyl (C=O) groups is 1. The normalized spacial score (nSPS) is 12.1. The summed E-state index contributed by atoms with van der Waals surface area (Å²) in [7, 11) is 0. The van der Waals surface area contributed by atoms with Gasteiger partial charge in [-0.15, -0.1) is 0 Å². The Labute approximate surface area is 166 Å². The van der Waals surface area contributed by atoms with Gasteiger partial charge in [-0.3, -0.25) is 4.79 Å². The van der Waals surface area contributed by atoms with E-state index in [-0.39, 0.29) is 18.6 Å². The summed E-state index contributed by atoms with van der Waals surface area (Å²) in [5.41, 5.74) is 1.22. The minimum Gasteiger partial charge on any atom is -0.491 e. The van der Waals surface area contributed by atoms with Crippen molar-refractivity contribution in [2.45, 2.75) is 45.9 Å². The first kappa shape index (κ1) is 21.7. The summed E-state index contributed by atoms with van der Waals surface area (Å²) in [6, 6.07) is 14.4. The van der Waals surface area contributed by atoms with Crippen LogP contribution in [-0.2, 0) is 0 Å². The average molecular weight is 386 g/mol. The average Bonchev–Trinajstić information content (AvgIpc) is 2.66. The van der Waals surface area contributed by atoms with Crippen LogP contribution in [0.4, 0.5) is 5.69 Å². The Balaban J connectivity index is 1.83. The van der Waals surface area contributed by atoms with Crippen molar-refractivity contribution in [1.82, 2.24) is 5.32 Å². The van der Waals surface area contributed by atoms with Gasteiger partial charge in [0.2, 0.25) is 0 Å². The molecule has 1 unspecified atom stereocenters. The van der Waals surface area contributed by atoms with E-state index in [0.717, 1.165) is 5.75 Å². The van der Waals surface area contributed by atoms with E-state index in [4.69, 9.17) is 9.47 Å². The third kappa shape index (κ3) is 7.58. The Kier molecular flexibility index (Phi) is 8.29. The van der Waals surface area contributed by atoms with Crippen LogP contribution in [0.2, 0.25) is 0 Å². The second kappa shape index (κ2) is 10.7. The molecular formula is C22H30N2O4. The second-order valence-electron chi connectivity index (χ2n) is 7.20. The van der Waals surface area contributed by atoms with Crippen molar-refractivity contribution < 1.29 is 19.4 Å². The van der Waals surface area contributed by atoms with Gasteiger partial charge in [-0.25, -0.2) is 0 Å². The molecule has 0 aliphatic heterocycles. The first-order valence-electron chi connectivity index (χ1n) is 9.56. The Bertz CT molecular complexity index is 727. The largest absolute Gasteiger partial charge is 0.491 e. The summed E-state index contributed by atoms with van der Waals surface area (Å²) in [6.07, 6.45) is -0.489. The third-order valence-electron chi connectivity index (χ3n) is 3.80. The molecule has 152 valence electrons. The van der Waals surface area contributed by atoms with Crippen LogP contribution < -0.4 is 20.1 Å². The number of rotatable bonds is 10. The minimum absolute atomic E-state index is 0.0907. The number of hydrogen-bond acceptors (Lipinski definition) is 5. The lowest BCUT2D eigenvalue weighted by Crippen LogP contribution is -2.35. The molecule has 0 saturated carbocycles. The van der Waals surface area contributed by atoms with Gasteiger partial charge in [-0.1, -0.05) is 13.8 Å². The van der Waals surface area contributed by atoms with Crippen LogP contribution in [0.1, 0.15) is 38.1 Å². The predicted octanol–water partition coefficient (Wildman–Crippen LogP) is 3.46. The zero-order valence-electron chi connectivity index (χ0n) is 16.9. The molecular weight excluding hydrogens is 356 g/mol. The number of benzene rings is 2. The summed E-state index contributed by atoms with van der Waals surface area (Å²) < 4.78 is 11.2. The van der Waals surface area contributed by atoms with Gasteiger partial charge in [-0.2, -0.15) is 0 Å². The minimum atomic E-state index is -0.579. The number of hydrogen-bond donors (Lipinski definition) is 3. The fourth-order valence-corrected chi connectivity index (χ4v) is 2.42. The van der Waals surface area contributed by atoms with Crippen LogP contribution in [0, 0.1) is 0 Å².